The van der Waals surface area contributed by atoms with Gasteiger partial charge in [-0.1, -0.05) is 12.1 Å². The number of nitrogen functional groups attached to an aromatic ring is 1. The molecule has 0 unspecified atom stereocenters. The van der Waals surface area contributed by atoms with Crippen LogP contribution >= 0.6 is 0 Å². The SMILES string of the molecule is Nc1ccnc(Cn2c(=O)cnc3ccccc32)c1. The standard InChI is InChI=1S/C14H12N4O/c15-10-5-6-16-11(7-10)9-18-13-4-2-1-3-12(13)17-8-14(18)19/h1-8H,9H2,(H2,15,16). The number of nitrogens with zero attached hydrogens (tertiary/aromatic N) is 3. The van der Waals surface area contributed by atoms with E-state index in [1.165, 1.54) is 6.20 Å². The normalized spacial score (nSPS) is 10.7. The number of para-hydroxylation sites is 2. The quantitative estimate of drug-likeness (QED) is 0.748. The van der Waals surface area contributed by atoms with Crippen LogP contribution in [0.4, 0.5) is 5.69 Å². The summed E-state index contributed by atoms with van der Waals surface area (Å²) >= 11 is 0. The number of benzene rings is 1. The first-order valence-electron chi connectivity index (χ1n) is 5.89. The zero-order valence-electron chi connectivity index (χ0n) is 10.2. The highest BCUT2D eigenvalue weighted by Crippen LogP contribution is 2.11. The zero-order chi connectivity index (χ0) is 13.2. The zero-order valence-corrected chi connectivity index (χ0v) is 10.2. The smallest absolute Gasteiger partial charge is 0.269 e. The molecule has 0 aliphatic heterocycles. The number of nitrogens with two attached hydrogens (primary N) is 1. The molecule has 0 fully saturated rings. The van der Waals surface area contributed by atoms with E-state index in [0.717, 1.165) is 16.7 Å². The highest BCUT2D eigenvalue weighted by molar-refractivity contribution is 5.74. The van der Waals surface area contributed by atoms with Crippen LogP contribution in [0.1, 0.15) is 5.69 Å². The van der Waals surface area contributed by atoms with Crippen molar-refractivity contribution in [3.8, 4) is 0 Å². The first-order valence-corrected chi connectivity index (χ1v) is 5.89. The maximum atomic E-state index is 12.0. The van der Waals surface area contributed by atoms with Crippen LogP contribution in [0.15, 0.2) is 53.6 Å². The molecule has 0 atom stereocenters. The van der Waals surface area contributed by atoms with Gasteiger partial charge in [0, 0.05) is 11.9 Å². The maximum Gasteiger partial charge on any atom is 0.269 e. The van der Waals surface area contributed by atoms with E-state index in [4.69, 9.17) is 5.73 Å². The molecule has 3 aromatic rings. The van der Waals surface area contributed by atoms with Crippen molar-refractivity contribution in [2.24, 2.45) is 0 Å². The fraction of sp³-hybridized carbons (Fsp3) is 0.0714. The van der Waals surface area contributed by atoms with E-state index in [2.05, 4.69) is 9.97 Å². The molecule has 5 heteroatoms. The van der Waals surface area contributed by atoms with Crippen LogP contribution in [0.5, 0.6) is 0 Å². The molecule has 0 spiro atoms. The summed E-state index contributed by atoms with van der Waals surface area (Å²) in [7, 11) is 0. The molecule has 0 amide bonds. The summed E-state index contributed by atoms with van der Waals surface area (Å²) < 4.78 is 1.64. The first-order chi connectivity index (χ1) is 9.24. The van der Waals surface area contributed by atoms with Crippen LogP contribution in [-0.4, -0.2) is 14.5 Å². The van der Waals surface area contributed by atoms with Gasteiger partial charge in [0.15, 0.2) is 0 Å². The molecular formula is C14H12N4O. The molecule has 2 N–H and O–H groups in total. The predicted octanol–water partition coefficient (Wildman–Crippen LogP) is 1.42. The highest BCUT2D eigenvalue weighted by atomic mass is 16.1. The monoisotopic (exact) mass is 252 g/mol. The largest absolute Gasteiger partial charge is 0.399 e. The van der Waals surface area contributed by atoms with Crippen LogP contribution in [0.25, 0.3) is 11.0 Å². The molecule has 0 aliphatic rings. The van der Waals surface area contributed by atoms with Crippen molar-refractivity contribution in [1.82, 2.24) is 14.5 Å². The third kappa shape index (κ3) is 2.18. The van der Waals surface area contributed by atoms with Crippen LogP contribution in [0, 0.1) is 0 Å². The van der Waals surface area contributed by atoms with E-state index in [0.29, 0.717) is 12.2 Å². The molecule has 0 saturated heterocycles. The van der Waals surface area contributed by atoms with E-state index < -0.39 is 0 Å². The van der Waals surface area contributed by atoms with Gasteiger partial charge >= 0.3 is 0 Å². The Morgan fingerprint density at radius 1 is 1.16 bits per heavy atom. The Bertz CT molecular complexity index is 795. The van der Waals surface area contributed by atoms with Crippen molar-refractivity contribution in [2.75, 3.05) is 5.73 Å². The number of fused-ring (bicyclic) bond motifs is 1. The van der Waals surface area contributed by atoms with E-state index in [1.54, 1.807) is 22.9 Å². The van der Waals surface area contributed by atoms with Gasteiger partial charge in [0.05, 0.1) is 29.5 Å². The molecule has 0 radical (unpaired) electrons. The average Bonchev–Trinajstić information content (AvgIpc) is 2.42. The van der Waals surface area contributed by atoms with Crippen molar-refractivity contribution in [1.29, 1.82) is 0 Å². The van der Waals surface area contributed by atoms with Gasteiger partial charge in [-0.2, -0.15) is 0 Å². The van der Waals surface area contributed by atoms with Crippen LogP contribution in [0.3, 0.4) is 0 Å². The molecule has 0 bridgehead atoms. The summed E-state index contributed by atoms with van der Waals surface area (Å²) in [5, 5.41) is 0. The Balaban J connectivity index is 2.14. The van der Waals surface area contributed by atoms with Crippen LogP contribution in [0.2, 0.25) is 0 Å². The van der Waals surface area contributed by atoms with Gasteiger partial charge in [0.2, 0.25) is 0 Å². The second-order valence-corrected chi connectivity index (χ2v) is 4.25. The lowest BCUT2D eigenvalue weighted by molar-refractivity contribution is 0.765. The van der Waals surface area contributed by atoms with Crippen molar-refractivity contribution in [3.05, 3.63) is 64.8 Å². The molecule has 19 heavy (non-hydrogen) atoms. The summed E-state index contributed by atoms with van der Waals surface area (Å²) in [5.74, 6) is 0. The molecule has 2 aromatic heterocycles. The molecule has 2 heterocycles. The predicted molar refractivity (Wildman–Crippen MR) is 73.8 cm³/mol. The second-order valence-electron chi connectivity index (χ2n) is 4.25. The summed E-state index contributed by atoms with van der Waals surface area (Å²) in [5.41, 5.74) is 8.53. The molecule has 0 aliphatic carbocycles. The third-order valence-corrected chi connectivity index (χ3v) is 2.91. The second kappa shape index (κ2) is 4.53. The first kappa shape index (κ1) is 11.4. The number of aromatic nitrogens is 3. The number of pyridine rings is 1. The minimum absolute atomic E-state index is 0.150. The number of hydrogen-bond donors (Lipinski definition) is 1. The Kier molecular flexibility index (Phi) is 2.72. The van der Waals surface area contributed by atoms with Crippen LogP contribution in [-0.2, 0) is 6.54 Å². The van der Waals surface area contributed by atoms with Crippen LogP contribution < -0.4 is 11.3 Å². The molecule has 5 nitrogen and oxygen atoms in total. The Morgan fingerprint density at radius 3 is 2.84 bits per heavy atom. The van der Waals surface area contributed by atoms with Gasteiger partial charge in [-0.25, -0.2) is 4.98 Å². The number of hydrogen-bond acceptors (Lipinski definition) is 4. The Labute approximate surface area is 109 Å². The lowest BCUT2D eigenvalue weighted by Gasteiger charge is -2.09. The van der Waals surface area contributed by atoms with Gasteiger partial charge in [-0.05, 0) is 24.3 Å². The summed E-state index contributed by atoms with van der Waals surface area (Å²) in [4.78, 5) is 20.3. The third-order valence-electron chi connectivity index (χ3n) is 2.91. The van der Waals surface area contributed by atoms with Gasteiger partial charge < -0.3 is 5.73 Å². The van der Waals surface area contributed by atoms with E-state index >= 15 is 0 Å². The highest BCUT2D eigenvalue weighted by Gasteiger charge is 2.05. The van der Waals surface area contributed by atoms with Crippen molar-refractivity contribution < 1.29 is 0 Å². The summed E-state index contributed by atoms with van der Waals surface area (Å²) in [6, 6.07) is 11.0. The molecule has 3 rings (SSSR count). The molecule has 94 valence electrons. The summed E-state index contributed by atoms with van der Waals surface area (Å²) in [6.45, 7) is 0.382. The Hall–Kier alpha value is -2.69. The maximum absolute atomic E-state index is 12.0. The molecule has 1 aromatic carbocycles. The van der Waals surface area contributed by atoms with E-state index in [9.17, 15) is 4.79 Å². The van der Waals surface area contributed by atoms with Gasteiger partial charge in [-0.15, -0.1) is 0 Å². The van der Waals surface area contributed by atoms with Crippen molar-refractivity contribution in [3.63, 3.8) is 0 Å². The van der Waals surface area contributed by atoms with Crippen molar-refractivity contribution in [2.45, 2.75) is 6.54 Å². The molecular weight excluding hydrogens is 240 g/mol. The van der Waals surface area contributed by atoms with Gasteiger partial charge in [0.25, 0.3) is 5.56 Å². The van der Waals surface area contributed by atoms with E-state index in [1.807, 2.05) is 24.3 Å². The number of anilines is 1. The Morgan fingerprint density at radius 2 is 2.00 bits per heavy atom. The average molecular weight is 252 g/mol. The van der Waals surface area contributed by atoms with Gasteiger partial charge in [-0.3, -0.25) is 14.3 Å². The summed E-state index contributed by atoms with van der Waals surface area (Å²) in [6.07, 6.45) is 2.97. The van der Waals surface area contributed by atoms with Gasteiger partial charge in [0.1, 0.15) is 0 Å². The van der Waals surface area contributed by atoms with Crippen molar-refractivity contribution >= 4 is 16.7 Å². The fourth-order valence-electron chi connectivity index (χ4n) is 2.02. The fourth-order valence-corrected chi connectivity index (χ4v) is 2.02. The minimum Gasteiger partial charge on any atom is -0.399 e. The minimum atomic E-state index is -0.150. The molecule has 0 saturated carbocycles. The lowest BCUT2D eigenvalue weighted by atomic mass is 10.2. The lowest BCUT2D eigenvalue weighted by Crippen LogP contribution is -2.21. The topological polar surface area (TPSA) is 73.8 Å². The number of rotatable bonds is 2. The van der Waals surface area contributed by atoms with E-state index in [-0.39, 0.29) is 5.56 Å².